The fourth-order valence-corrected chi connectivity index (χ4v) is 5.48. The number of fused-ring (bicyclic) bond motifs is 1. The lowest BCUT2D eigenvalue weighted by Crippen LogP contribution is -2.50. The second-order valence-electron chi connectivity index (χ2n) is 7.97. The van der Waals surface area contributed by atoms with E-state index in [1.165, 1.54) is 36.4 Å². The number of benzene rings is 2. The average molecular weight is 583 g/mol. The summed E-state index contributed by atoms with van der Waals surface area (Å²) in [6.45, 7) is -0.388. The summed E-state index contributed by atoms with van der Waals surface area (Å²) in [6, 6.07) is 10.7. The van der Waals surface area contributed by atoms with Gasteiger partial charge in [0.2, 0.25) is 0 Å². The Balaban J connectivity index is 1.75. The third kappa shape index (κ3) is 4.43. The highest BCUT2D eigenvalue weighted by Gasteiger charge is 2.54. The summed E-state index contributed by atoms with van der Waals surface area (Å²) in [4.78, 5) is 50.5. The van der Waals surface area contributed by atoms with Gasteiger partial charge in [0, 0.05) is 32.9 Å². The van der Waals surface area contributed by atoms with E-state index in [9.17, 15) is 28.9 Å². The first-order chi connectivity index (χ1) is 15.7. The number of imide groups is 1. The third-order valence-corrected chi connectivity index (χ3v) is 8.68. The molecule has 0 unspecified atom stereocenters. The molecule has 2 aromatic carbocycles. The molecule has 4 atom stereocenters. The zero-order chi connectivity index (χ0) is 23.9. The van der Waals surface area contributed by atoms with Gasteiger partial charge in [-0.3, -0.25) is 24.5 Å². The van der Waals surface area contributed by atoms with E-state index in [1.54, 1.807) is 6.07 Å². The van der Waals surface area contributed by atoms with Gasteiger partial charge in [-0.05, 0) is 25.0 Å². The van der Waals surface area contributed by atoms with Crippen LogP contribution in [0.15, 0.2) is 48.5 Å². The maximum Gasteiger partial charge on any atom is 0.273 e. The smallest absolute Gasteiger partial charge is 0.272 e. The Morgan fingerprint density at radius 3 is 2.24 bits per heavy atom. The molecule has 1 aliphatic carbocycles. The van der Waals surface area contributed by atoms with Crippen molar-refractivity contribution in [2.75, 3.05) is 0 Å². The Labute approximate surface area is 205 Å². The Hall–Kier alpha value is -2.66. The van der Waals surface area contributed by atoms with Gasteiger partial charge in [0.05, 0.1) is 23.3 Å². The van der Waals surface area contributed by atoms with E-state index in [0.717, 1.165) is 16.1 Å². The van der Waals surface area contributed by atoms with Crippen LogP contribution in [0.25, 0.3) is 0 Å². The minimum atomic E-state index is -0.812. The molecular formula is C22H18Br2FN3O5. The van der Waals surface area contributed by atoms with Gasteiger partial charge < -0.3 is 0 Å². The Kier molecular flexibility index (Phi) is 6.62. The molecule has 0 bridgehead atoms. The number of nitro benzene ring substituents is 1. The first-order valence-electron chi connectivity index (χ1n) is 10.1. The summed E-state index contributed by atoms with van der Waals surface area (Å²) in [6.07, 6.45) is 0.806. The number of nitrogens with zero attached hydrogens (tertiary/aromatic N) is 3. The molecule has 2 fully saturated rings. The van der Waals surface area contributed by atoms with Crippen molar-refractivity contribution in [3.05, 3.63) is 75.6 Å². The zero-order valence-electron chi connectivity index (χ0n) is 17.1. The SMILES string of the molecule is O=C(c1cccc([N+](=O)[O-])c1)N(Cc1ccccc1F)N1C(=O)[C@H]2C[C@H](Br)[C@@H](Br)C[C@H]2C1=O. The quantitative estimate of drug-likeness (QED) is 0.227. The molecule has 0 N–H and O–H groups in total. The van der Waals surface area contributed by atoms with Gasteiger partial charge in [-0.1, -0.05) is 56.1 Å². The van der Waals surface area contributed by atoms with Gasteiger partial charge in [-0.25, -0.2) is 9.40 Å². The van der Waals surface area contributed by atoms with Crippen molar-refractivity contribution in [2.45, 2.75) is 29.0 Å². The number of hydrogen-bond donors (Lipinski definition) is 0. The van der Waals surface area contributed by atoms with Crippen LogP contribution in [0.5, 0.6) is 0 Å². The molecule has 172 valence electrons. The molecule has 0 aromatic heterocycles. The molecule has 1 heterocycles. The molecule has 33 heavy (non-hydrogen) atoms. The predicted molar refractivity (Wildman–Crippen MR) is 123 cm³/mol. The fourth-order valence-electron chi connectivity index (χ4n) is 4.24. The number of non-ortho nitro benzene ring substituents is 1. The molecular weight excluding hydrogens is 565 g/mol. The number of rotatable bonds is 5. The summed E-state index contributed by atoms with van der Waals surface area (Å²) in [7, 11) is 0. The Bertz CT molecular complexity index is 1120. The molecule has 0 radical (unpaired) electrons. The summed E-state index contributed by atoms with van der Waals surface area (Å²) in [5, 5.41) is 12.9. The molecule has 2 aliphatic rings. The highest BCUT2D eigenvalue weighted by Crippen LogP contribution is 2.44. The van der Waals surface area contributed by atoms with Crippen LogP contribution in [-0.4, -0.2) is 42.3 Å². The Morgan fingerprint density at radius 1 is 1.06 bits per heavy atom. The van der Waals surface area contributed by atoms with Crippen LogP contribution in [-0.2, 0) is 16.1 Å². The molecule has 2 aromatic rings. The van der Waals surface area contributed by atoms with Gasteiger partial charge in [-0.2, -0.15) is 5.01 Å². The second-order valence-corrected chi connectivity index (χ2v) is 10.3. The number of alkyl halides is 2. The molecule has 0 spiro atoms. The predicted octanol–water partition coefficient (Wildman–Crippen LogP) is 4.21. The van der Waals surface area contributed by atoms with Gasteiger partial charge >= 0.3 is 0 Å². The van der Waals surface area contributed by atoms with Crippen LogP contribution in [0.2, 0.25) is 0 Å². The minimum Gasteiger partial charge on any atom is -0.272 e. The maximum atomic E-state index is 14.4. The van der Waals surface area contributed by atoms with E-state index >= 15 is 0 Å². The van der Waals surface area contributed by atoms with Crippen molar-refractivity contribution < 1.29 is 23.7 Å². The van der Waals surface area contributed by atoms with Crippen LogP contribution < -0.4 is 0 Å². The summed E-state index contributed by atoms with van der Waals surface area (Å²) >= 11 is 7.04. The van der Waals surface area contributed by atoms with Gasteiger partial charge in [-0.15, -0.1) is 0 Å². The van der Waals surface area contributed by atoms with Crippen molar-refractivity contribution in [3.8, 4) is 0 Å². The first kappa shape index (κ1) is 23.5. The van der Waals surface area contributed by atoms with Gasteiger partial charge in [0.1, 0.15) is 5.82 Å². The minimum absolute atomic E-state index is 0.0251. The summed E-state index contributed by atoms with van der Waals surface area (Å²) in [5.41, 5.74) is -0.306. The van der Waals surface area contributed by atoms with E-state index in [4.69, 9.17) is 0 Å². The van der Waals surface area contributed by atoms with Crippen molar-refractivity contribution in [3.63, 3.8) is 0 Å². The van der Waals surface area contributed by atoms with Crippen molar-refractivity contribution >= 4 is 55.3 Å². The average Bonchev–Trinajstić information content (AvgIpc) is 3.02. The number of carbonyl (C=O) groups is 3. The molecule has 8 nitrogen and oxygen atoms in total. The van der Waals surface area contributed by atoms with Gasteiger partial charge in [0.25, 0.3) is 23.4 Å². The van der Waals surface area contributed by atoms with Crippen LogP contribution in [0.4, 0.5) is 10.1 Å². The lowest BCUT2D eigenvalue weighted by Gasteiger charge is -2.30. The van der Waals surface area contributed by atoms with Crippen LogP contribution >= 0.6 is 31.9 Å². The van der Waals surface area contributed by atoms with Crippen molar-refractivity contribution in [1.29, 1.82) is 0 Å². The lowest BCUT2D eigenvalue weighted by molar-refractivity contribution is -0.384. The molecule has 11 heteroatoms. The van der Waals surface area contributed by atoms with E-state index in [2.05, 4.69) is 31.9 Å². The van der Waals surface area contributed by atoms with E-state index < -0.39 is 40.3 Å². The number of nitro groups is 1. The maximum absolute atomic E-state index is 14.4. The van der Waals surface area contributed by atoms with Crippen LogP contribution in [0.1, 0.15) is 28.8 Å². The second kappa shape index (κ2) is 9.30. The number of hydrogen-bond acceptors (Lipinski definition) is 5. The lowest BCUT2D eigenvalue weighted by atomic mass is 9.81. The van der Waals surface area contributed by atoms with Crippen molar-refractivity contribution in [2.24, 2.45) is 11.8 Å². The normalized spacial score (nSPS) is 24.5. The Morgan fingerprint density at radius 2 is 1.67 bits per heavy atom. The third-order valence-electron chi connectivity index (χ3n) is 5.95. The molecule has 1 saturated carbocycles. The molecule has 1 aliphatic heterocycles. The summed E-state index contributed by atoms with van der Waals surface area (Å²) in [5.74, 6) is -3.72. The summed E-state index contributed by atoms with van der Waals surface area (Å²) < 4.78 is 14.4. The standard InChI is InChI=1S/C22H18Br2FN3O5/c23-17-9-15-16(10-18(17)24)22(31)27(21(15)30)26(11-13-4-1-2-7-19(13)25)20(29)12-5-3-6-14(8-12)28(32)33/h1-8,15-18H,9-11H2/t15-,16+,17-,18-/m0/s1. The van der Waals surface area contributed by atoms with E-state index in [-0.39, 0.29) is 33.0 Å². The highest BCUT2D eigenvalue weighted by molar-refractivity contribution is 9.12. The number of hydrazine groups is 1. The van der Waals surface area contributed by atoms with Crippen molar-refractivity contribution in [1.82, 2.24) is 10.0 Å². The highest BCUT2D eigenvalue weighted by atomic mass is 79.9. The zero-order valence-corrected chi connectivity index (χ0v) is 20.2. The fraction of sp³-hybridized carbons (Fsp3) is 0.318. The van der Waals surface area contributed by atoms with Crippen LogP contribution in [0.3, 0.4) is 0 Å². The number of halogens is 3. The van der Waals surface area contributed by atoms with E-state index in [1.807, 2.05) is 0 Å². The topological polar surface area (TPSA) is 101 Å². The largest absolute Gasteiger partial charge is 0.273 e. The molecule has 1 saturated heterocycles. The molecule has 3 amide bonds. The van der Waals surface area contributed by atoms with Crippen LogP contribution in [0, 0.1) is 27.8 Å². The van der Waals surface area contributed by atoms with Gasteiger partial charge in [0.15, 0.2) is 0 Å². The number of carbonyl (C=O) groups excluding carboxylic acids is 3. The first-order valence-corrected chi connectivity index (χ1v) is 12.0. The molecule has 4 rings (SSSR count). The number of amides is 3. The van der Waals surface area contributed by atoms with E-state index in [0.29, 0.717) is 12.8 Å². The monoisotopic (exact) mass is 581 g/mol.